The number of nitriles is 1. The zero-order chi connectivity index (χ0) is 21.3. The number of amides is 1. The molecule has 7 nitrogen and oxygen atoms in total. The van der Waals surface area contributed by atoms with Crippen molar-refractivity contribution in [3.8, 4) is 6.07 Å². The third-order valence-electron chi connectivity index (χ3n) is 5.86. The number of aromatic nitrogens is 2. The van der Waals surface area contributed by atoms with Gasteiger partial charge < -0.3 is 15.4 Å². The Balaban J connectivity index is 1.42. The van der Waals surface area contributed by atoms with E-state index in [2.05, 4.69) is 26.7 Å². The molecule has 8 heteroatoms. The SMILES string of the molecule is CC(C)(C)OC(=O)N[C@H]1CC[C@H](Nc2ncnc3sc4c(c23)[C@@H](CC#N)CC4)CC1. The van der Waals surface area contributed by atoms with E-state index in [1.165, 1.54) is 10.4 Å². The number of ether oxygens (including phenoxy) is 1. The van der Waals surface area contributed by atoms with Crippen molar-refractivity contribution in [2.24, 2.45) is 0 Å². The largest absolute Gasteiger partial charge is 0.444 e. The summed E-state index contributed by atoms with van der Waals surface area (Å²) < 4.78 is 5.37. The molecule has 2 aromatic heterocycles. The average molecular weight is 428 g/mol. The maximum absolute atomic E-state index is 12.0. The smallest absolute Gasteiger partial charge is 0.407 e. The third kappa shape index (κ3) is 4.51. The van der Waals surface area contributed by atoms with Gasteiger partial charge in [-0.2, -0.15) is 5.26 Å². The van der Waals surface area contributed by atoms with Crippen molar-refractivity contribution in [3.05, 3.63) is 16.8 Å². The van der Waals surface area contributed by atoms with Gasteiger partial charge in [-0.3, -0.25) is 0 Å². The minimum Gasteiger partial charge on any atom is -0.444 e. The van der Waals surface area contributed by atoms with Crippen LogP contribution in [-0.4, -0.2) is 33.7 Å². The molecule has 2 aliphatic carbocycles. The molecular weight excluding hydrogens is 398 g/mol. The molecule has 160 valence electrons. The third-order valence-corrected chi connectivity index (χ3v) is 7.03. The van der Waals surface area contributed by atoms with Gasteiger partial charge in [0.25, 0.3) is 0 Å². The predicted octanol–water partition coefficient (Wildman–Crippen LogP) is 4.88. The first-order valence-corrected chi connectivity index (χ1v) is 11.5. The zero-order valence-electron chi connectivity index (χ0n) is 17.8. The van der Waals surface area contributed by atoms with Crippen molar-refractivity contribution in [1.29, 1.82) is 5.26 Å². The fourth-order valence-electron chi connectivity index (χ4n) is 4.54. The lowest BCUT2D eigenvalue weighted by molar-refractivity contribution is 0.0492. The van der Waals surface area contributed by atoms with Crippen LogP contribution in [0, 0.1) is 11.3 Å². The summed E-state index contributed by atoms with van der Waals surface area (Å²) in [5.74, 6) is 1.19. The number of carbonyl (C=O) groups excluding carboxylic acids is 1. The summed E-state index contributed by atoms with van der Waals surface area (Å²) in [5.41, 5.74) is 0.811. The highest BCUT2D eigenvalue weighted by molar-refractivity contribution is 7.19. The van der Waals surface area contributed by atoms with Crippen LogP contribution in [0.4, 0.5) is 10.6 Å². The van der Waals surface area contributed by atoms with Gasteiger partial charge in [0.2, 0.25) is 0 Å². The maximum atomic E-state index is 12.0. The number of hydrogen-bond donors (Lipinski definition) is 2. The number of fused-ring (bicyclic) bond motifs is 3. The zero-order valence-corrected chi connectivity index (χ0v) is 18.6. The monoisotopic (exact) mass is 427 g/mol. The van der Waals surface area contributed by atoms with Gasteiger partial charge in [-0.1, -0.05) is 0 Å². The van der Waals surface area contributed by atoms with Gasteiger partial charge in [0.1, 0.15) is 22.6 Å². The Hall–Kier alpha value is -2.40. The molecule has 1 atom stereocenters. The van der Waals surface area contributed by atoms with E-state index in [0.717, 1.165) is 54.6 Å². The van der Waals surface area contributed by atoms with E-state index in [1.54, 1.807) is 17.7 Å². The van der Waals surface area contributed by atoms with Crippen LogP contribution in [0.25, 0.3) is 10.2 Å². The molecular formula is C22H29N5O2S. The van der Waals surface area contributed by atoms with E-state index < -0.39 is 5.60 Å². The van der Waals surface area contributed by atoms with E-state index in [9.17, 15) is 10.1 Å². The number of thiophene rings is 1. The van der Waals surface area contributed by atoms with Crippen LogP contribution >= 0.6 is 11.3 Å². The lowest BCUT2D eigenvalue weighted by Crippen LogP contribution is -2.42. The number of anilines is 1. The highest BCUT2D eigenvalue weighted by Crippen LogP contribution is 2.46. The molecule has 1 amide bonds. The summed E-state index contributed by atoms with van der Waals surface area (Å²) in [4.78, 5) is 23.5. The number of nitrogens with zero attached hydrogens (tertiary/aromatic N) is 3. The van der Waals surface area contributed by atoms with Gasteiger partial charge >= 0.3 is 6.09 Å². The van der Waals surface area contributed by atoms with Crippen LogP contribution in [0.1, 0.15) is 75.7 Å². The lowest BCUT2D eigenvalue weighted by Gasteiger charge is -2.31. The number of carbonyl (C=O) groups is 1. The molecule has 2 heterocycles. The molecule has 0 bridgehead atoms. The summed E-state index contributed by atoms with van der Waals surface area (Å²) in [6.45, 7) is 5.62. The fraction of sp³-hybridized carbons (Fsp3) is 0.636. The van der Waals surface area contributed by atoms with E-state index >= 15 is 0 Å². The Morgan fingerprint density at radius 2 is 1.97 bits per heavy atom. The minimum absolute atomic E-state index is 0.147. The van der Waals surface area contributed by atoms with Crippen molar-refractivity contribution >= 4 is 33.5 Å². The first kappa shape index (κ1) is 20.9. The maximum Gasteiger partial charge on any atom is 0.407 e. The number of alkyl carbamates (subject to hydrolysis) is 1. The summed E-state index contributed by atoms with van der Waals surface area (Å²) >= 11 is 1.74. The van der Waals surface area contributed by atoms with E-state index in [4.69, 9.17) is 4.74 Å². The molecule has 0 aromatic carbocycles. The van der Waals surface area contributed by atoms with Crippen LogP contribution in [0.3, 0.4) is 0 Å². The molecule has 2 aliphatic rings. The molecule has 0 spiro atoms. The summed E-state index contributed by atoms with van der Waals surface area (Å²) in [6, 6.07) is 2.80. The van der Waals surface area contributed by atoms with E-state index in [1.807, 2.05) is 20.8 Å². The second-order valence-corrected chi connectivity index (χ2v) is 10.4. The normalized spacial score (nSPS) is 23.6. The van der Waals surface area contributed by atoms with Crippen molar-refractivity contribution in [2.45, 2.75) is 89.3 Å². The average Bonchev–Trinajstić information content (AvgIpc) is 3.22. The lowest BCUT2D eigenvalue weighted by atomic mass is 9.91. The first-order valence-electron chi connectivity index (χ1n) is 10.7. The highest BCUT2D eigenvalue weighted by atomic mass is 32.1. The Bertz CT molecular complexity index is 966. The van der Waals surface area contributed by atoms with Crippen LogP contribution in [0.15, 0.2) is 6.33 Å². The van der Waals surface area contributed by atoms with Crippen LogP contribution < -0.4 is 10.6 Å². The number of hydrogen-bond acceptors (Lipinski definition) is 7. The molecule has 2 aromatic rings. The van der Waals surface area contributed by atoms with Gasteiger partial charge in [-0.25, -0.2) is 14.8 Å². The first-order chi connectivity index (χ1) is 14.3. The minimum atomic E-state index is -0.481. The predicted molar refractivity (Wildman–Crippen MR) is 118 cm³/mol. The van der Waals surface area contributed by atoms with E-state index in [0.29, 0.717) is 18.4 Å². The van der Waals surface area contributed by atoms with Gasteiger partial charge in [-0.05, 0) is 70.8 Å². The van der Waals surface area contributed by atoms with Crippen molar-refractivity contribution in [2.75, 3.05) is 5.32 Å². The quantitative estimate of drug-likeness (QED) is 0.721. The number of rotatable bonds is 4. The van der Waals surface area contributed by atoms with Gasteiger partial charge in [0, 0.05) is 23.4 Å². The Labute approximate surface area is 181 Å². The van der Waals surface area contributed by atoms with Crippen LogP contribution in [0.5, 0.6) is 0 Å². The summed E-state index contributed by atoms with van der Waals surface area (Å²) in [6.07, 6.45) is 7.64. The summed E-state index contributed by atoms with van der Waals surface area (Å²) in [7, 11) is 0. The molecule has 2 N–H and O–H groups in total. The number of nitrogens with one attached hydrogen (secondary N) is 2. The Morgan fingerprint density at radius 3 is 2.67 bits per heavy atom. The van der Waals surface area contributed by atoms with Gasteiger partial charge in [0.15, 0.2) is 0 Å². The molecule has 0 unspecified atom stereocenters. The van der Waals surface area contributed by atoms with E-state index in [-0.39, 0.29) is 12.1 Å². The molecule has 4 rings (SSSR count). The highest BCUT2D eigenvalue weighted by Gasteiger charge is 2.30. The van der Waals surface area contributed by atoms with Gasteiger partial charge in [-0.15, -0.1) is 11.3 Å². The fourth-order valence-corrected chi connectivity index (χ4v) is 5.78. The van der Waals surface area contributed by atoms with Crippen molar-refractivity contribution in [3.63, 3.8) is 0 Å². The topological polar surface area (TPSA) is 99.9 Å². The van der Waals surface area contributed by atoms with Crippen molar-refractivity contribution in [1.82, 2.24) is 15.3 Å². The summed E-state index contributed by atoms with van der Waals surface area (Å²) in [5, 5.41) is 17.0. The molecule has 0 aliphatic heterocycles. The number of aryl methyl sites for hydroxylation is 1. The Morgan fingerprint density at radius 1 is 1.23 bits per heavy atom. The standard InChI is InChI=1S/C22H29N5O2S/c1-22(2,3)29-21(28)27-15-7-5-14(6-8-15)26-19-18-17-13(10-11-23)4-9-16(17)30-20(18)25-12-24-19/h12-15H,4-10H2,1-3H3,(H,27,28)(H,24,25,26)/t13-,14-,15-/m1/s1. The molecule has 0 radical (unpaired) electrons. The molecule has 1 saturated carbocycles. The Kier molecular flexibility index (Phi) is 5.83. The van der Waals surface area contributed by atoms with Gasteiger partial charge in [0.05, 0.1) is 11.5 Å². The molecule has 1 fully saturated rings. The molecule has 30 heavy (non-hydrogen) atoms. The van der Waals surface area contributed by atoms with Crippen molar-refractivity contribution < 1.29 is 9.53 Å². The molecule has 0 saturated heterocycles. The second kappa shape index (κ2) is 8.38. The second-order valence-electron chi connectivity index (χ2n) is 9.28. The van der Waals surface area contributed by atoms with Crippen LogP contribution in [0.2, 0.25) is 0 Å². The van der Waals surface area contributed by atoms with Crippen LogP contribution in [-0.2, 0) is 11.2 Å².